The van der Waals surface area contributed by atoms with Crippen molar-refractivity contribution in [1.29, 1.82) is 0 Å². The van der Waals surface area contributed by atoms with Crippen LogP contribution < -0.4 is 5.32 Å². The number of rotatable bonds is 4. The number of guanidine groups is 1. The SMILES string of the molecule is CCNC(=NCC1CN2CCN1CC2)N1CC=C(c2ccccc2)CC1. The Morgan fingerprint density at radius 3 is 2.54 bits per heavy atom. The van der Waals surface area contributed by atoms with Crippen LogP contribution in [-0.2, 0) is 0 Å². The predicted molar refractivity (Wildman–Crippen MR) is 108 cm³/mol. The van der Waals surface area contributed by atoms with Crippen LogP contribution in [0.5, 0.6) is 0 Å². The summed E-state index contributed by atoms with van der Waals surface area (Å²) in [5, 5.41) is 3.51. The quantitative estimate of drug-likeness (QED) is 0.660. The Labute approximate surface area is 157 Å². The molecule has 1 N–H and O–H groups in total. The average molecular weight is 354 g/mol. The number of nitrogens with zero attached hydrogens (tertiary/aromatic N) is 4. The first-order chi connectivity index (χ1) is 12.8. The molecule has 0 amide bonds. The minimum Gasteiger partial charge on any atom is -0.357 e. The molecular formula is C21H31N5. The maximum atomic E-state index is 5.01. The van der Waals surface area contributed by atoms with Gasteiger partial charge in [0.2, 0.25) is 0 Å². The molecule has 1 aromatic rings. The second kappa shape index (κ2) is 8.23. The van der Waals surface area contributed by atoms with E-state index in [1.54, 1.807) is 0 Å². The van der Waals surface area contributed by atoms with Gasteiger partial charge in [-0.15, -0.1) is 0 Å². The Morgan fingerprint density at radius 2 is 1.92 bits per heavy atom. The van der Waals surface area contributed by atoms with Crippen molar-refractivity contribution in [2.24, 2.45) is 4.99 Å². The van der Waals surface area contributed by atoms with E-state index in [-0.39, 0.29) is 0 Å². The highest BCUT2D eigenvalue weighted by Gasteiger charge is 2.31. The molecule has 0 spiro atoms. The summed E-state index contributed by atoms with van der Waals surface area (Å²) in [6, 6.07) is 11.3. The summed E-state index contributed by atoms with van der Waals surface area (Å²) in [5.41, 5.74) is 2.82. The Bertz CT molecular complexity index is 646. The van der Waals surface area contributed by atoms with Crippen LogP contribution >= 0.6 is 0 Å². The fraction of sp³-hybridized carbons (Fsp3) is 0.571. The minimum absolute atomic E-state index is 0.589. The molecule has 1 aromatic carbocycles. The van der Waals surface area contributed by atoms with Gasteiger partial charge in [-0.3, -0.25) is 14.8 Å². The molecule has 4 heterocycles. The molecule has 0 aliphatic carbocycles. The standard InChI is InChI=1S/C21H31N5/c1-2-22-21(23-16-20-17-24-12-14-25(20)15-13-24)26-10-8-19(9-11-26)18-6-4-3-5-7-18/h3-8,20H,2,9-17H2,1H3,(H,22,23). The van der Waals surface area contributed by atoms with Gasteiger partial charge < -0.3 is 10.2 Å². The molecule has 3 fully saturated rings. The van der Waals surface area contributed by atoms with Gasteiger partial charge in [-0.05, 0) is 24.5 Å². The molecule has 26 heavy (non-hydrogen) atoms. The van der Waals surface area contributed by atoms with E-state index in [9.17, 15) is 0 Å². The lowest BCUT2D eigenvalue weighted by Gasteiger charge is -2.47. The number of benzene rings is 1. The smallest absolute Gasteiger partial charge is 0.194 e. The molecule has 4 aliphatic rings. The first kappa shape index (κ1) is 17.6. The van der Waals surface area contributed by atoms with Gasteiger partial charge in [-0.25, -0.2) is 0 Å². The molecule has 3 saturated heterocycles. The van der Waals surface area contributed by atoms with E-state index in [0.717, 1.165) is 38.6 Å². The molecule has 1 unspecified atom stereocenters. The van der Waals surface area contributed by atoms with Crippen molar-refractivity contribution >= 4 is 11.5 Å². The number of hydrogen-bond donors (Lipinski definition) is 1. The van der Waals surface area contributed by atoms with Crippen molar-refractivity contribution in [3.05, 3.63) is 42.0 Å². The van der Waals surface area contributed by atoms with E-state index in [1.807, 2.05) is 0 Å². The van der Waals surface area contributed by atoms with Gasteiger partial charge in [-0.1, -0.05) is 36.4 Å². The second-order valence-electron chi connectivity index (χ2n) is 7.48. The Hall–Kier alpha value is -1.85. The fourth-order valence-corrected chi connectivity index (χ4v) is 4.29. The van der Waals surface area contributed by atoms with Gasteiger partial charge in [0, 0.05) is 58.4 Å². The van der Waals surface area contributed by atoms with E-state index in [2.05, 4.69) is 63.3 Å². The topological polar surface area (TPSA) is 34.1 Å². The third kappa shape index (κ3) is 3.94. The fourth-order valence-electron chi connectivity index (χ4n) is 4.29. The molecule has 5 heteroatoms. The van der Waals surface area contributed by atoms with Crippen molar-refractivity contribution in [2.45, 2.75) is 19.4 Å². The number of fused-ring (bicyclic) bond motifs is 3. The average Bonchev–Trinajstić information content (AvgIpc) is 2.73. The molecule has 0 radical (unpaired) electrons. The highest BCUT2D eigenvalue weighted by atomic mass is 15.4. The van der Waals surface area contributed by atoms with Gasteiger partial charge in [0.05, 0.1) is 6.54 Å². The Morgan fingerprint density at radius 1 is 1.12 bits per heavy atom. The molecule has 5 nitrogen and oxygen atoms in total. The summed E-state index contributed by atoms with van der Waals surface area (Å²) in [5.74, 6) is 1.08. The van der Waals surface area contributed by atoms with Gasteiger partial charge in [-0.2, -0.15) is 0 Å². The normalized spacial score (nSPS) is 28.8. The van der Waals surface area contributed by atoms with Crippen molar-refractivity contribution < 1.29 is 0 Å². The van der Waals surface area contributed by atoms with Gasteiger partial charge >= 0.3 is 0 Å². The van der Waals surface area contributed by atoms with E-state index >= 15 is 0 Å². The van der Waals surface area contributed by atoms with Gasteiger partial charge in [0.1, 0.15) is 0 Å². The number of aliphatic imine (C=N–C) groups is 1. The largest absolute Gasteiger partial charge is 0.357 e. The van der Waals surface area contributed by atoms with E-state index < -0.39 is 0 Å². The molecule has 4 aliphatic heterocycles. The molecule has 0 aromatic heterocycles. The highest BCUT2D eigenvalue weighted by Crippen LogP contribution is 2.22. The van der Waals surface area contributed by atoms with Gasteiger partial charge in [0.25, 0.3) is 0 Å². The van der Waals surface area contributed by atoms with Crippen LogP contribution in [0.3, 0.4) is 0 Å². The van der Waals surface area contributed by atoms with Crippen LogP contribution in [0.4, 0.5) is 0 Å². The van der Waals surface area contributed by atoms with E-state index in [1.165, 1.54) is 43.9 Å². The molecule has 1 atom stereocenters. The Kier molecular flexibility index (Phi) is 5.56. The van der Waals surface area contributed by atoms with Crippen LogP contribution in [0, 0.1) is 0 Å². The van der Waals surface area contributed by atoms with Crippen molar-refractivity contribution in [3.63, 3.8) is 0 Å². The van der Waals surface area contributed by atoms with Crippen molar-refractivity contribution in [3.8, 4) is 0 Å². The lowest BCUT2D eigenvalue weighted by Crippen LogP contribution is -2.62. The van der Waals surface area contributed by atoms with E-state index in [4.69, 9.17) is 4.99 Å². The maximum Gasteiger partial charge on any atom is 0.194 e. The van der Waals surface area contributed by atoms with Crippen LogP contribution in [0.15, 0.2) is 41.4 Å². The summed E-state index contributed by atoms with van der Waals surface area (Å²) in [7, 11) is 0. The summed E-state index contributed by atoms with van der Waals surface area (Å²) in [6.07, 6.45) is 3.45. The van der Waals surface area contributed by atoms with Crippen molar-refractivity contribution in [1.82, 2.24) is 20.0 Å². The number of nitrogens with one attached hydrogen (secondary N) is 1. The summed E-state index contributed by atoms with van der Waals surface area (Å²) >= 11 is 0. The molecule has 140 valence electrons. The van der Waals surface area contributed by atoms with Crippen LogP contribution in [0.2, 0.25) is 0 Å². The van der Waals surface area contributed by atoms with Crippen LogP contribution in [0.25, 0.3) is 5.57 Å². The summed E-state index contributed by atoms with van der Waals surface area (Å²) < 4.78 is 0. The summed E-state index contributed by atoms with van der Waals surface area (Å²) in [4.78, 5) is 12.6. The maximum absolute atomic E-state index is 5.01. The first-order valence-corrected chi connectivity index (χ1v) is 10.1. The van der Waals surface area contributed by atoms with E-state index in [0.29, 0.717) is 6.04 Å². The zero-order valence-corrected chi connectivity index (χ0v) is 15.9. The Balaban J connectivity index is 1.40. The van der Waals surface area contributed by atoms with Crippen LogP contribution in [0.1, 0.15) is 18.9 Å². The first-order valence-electron chi connectivity index (χ1n) is 10.1. The monoisotopic (exact) mass is 353 g/mol. The number of hydrogen-bond acceptors (Lipinski definition) is 3. The highest BCUT2D eigenvalue weighted by molar-refractivity contribution is 5.81. The molecule has 5 rings (SSSR count). The van der Waals surface area contributed by atoms with Crippen LogP contribution in [-0.4, -0.2) is 85.6 Å². The molecule has 0 saturated carbocycles. The molecular weight excluding hydrogens is 322 g/mol. The second-order valence-corrected chi connectivity index (χ2v) is 7.48. The zero-order valence-electron chi connectivity index (χ0n) is 15.9. The third-order valence-corrected chi connectivity index (χ3v) is 5.83. The summed E-state index contributed by atoms with van der Waals surface area (Å²) in [6.45, 7) is 12.0. The zero-order chi connectivity index (χ0) is 17.8. The minimum atomic E-state index is 0.589. The number of piperazine rings is 3. The molecule has 2 bridgehead atoms. The van der Waals surface area contributed by atoms with Gasteiger partial charge in [0.15, 0.2) is 5.96 Å². The predicted octanol–water partition coefficient (Wildman–Crippen LogP) is 1.74. The lowest BCUT2D eigenvalue weighted by molar-refractivity contribution is 0.0173. The lowest BCUT2D eigenvalue weighted by atomic mass is 10.00. The van der Waals surface area contributed by atoms with Crippen molar-refractivity contribution in [2.75, 3.05) is 58.9 Å². The third-order valence-electron chi connectivity index (χ3n) is 5.83.